The molecule has 0 radical (unpaired) electrons. The molecule has 0 bridgehead atoms. The van der Waals surface area contributed by atoms with Gasteiger partial charge in [-0.25, -0.2) is 8.42 Å². The lowest BCUT2D eigenvalue weighted by molar-refractivity contribution is 0.202. The second-order valence-electron chi connectivity index (χ2n) is 5.79. The van der Waals surface area contributed by atoms with E-state index in [1.807, 2.05) is 0 Å². The first kappa shape index (κ1) is 12.2. The highest BCUT2D eigenvalue weighted by Gasteiger charge is 2.46. The smallest absolute Gasteiger partial charge is 0.150 e. The van der Waals surface area contributed by atoms with Gasteiger partial charge in [0, 0.05) is 0 Å². The van der Waals surface area contributed by atoms with Crippen LogP contribution in [-0.2, 0) is 22.7 Å². The molecule has 1 heterocycles. The second-order valence-corrected chi connectivity index (χ2v) is 8.02. The zero-order valence-electron chi connectivity index (χ0n) is 10.4. The molecule has 2 N–H and O–H groups in total. The summed E-state index contributed by atoms with van der Waals surface area (Å²) in [6, 6.07) is 8.40. The minimum Gasteiger partial charge on any atom is -0.330 e. The molecule has 98 valence electrons. The molecule has 1 unspecified atom stereocenters. The van der Waals surface area contributed by atoms with Gasteiger partial charge in [-0.1, -0.05) is 24.3 Å². The van der Waals surface area contributed by atoms with Crippen molar-refractivity contribution in [2.24, 2.45) is 17.1 Å². The largest absolute Gasteiger partial charge is 0.330 e. The summed E-state index contributed by atoms with van der Waals surface area (Å²) in [5.41, 5.74) is 8.71. The van der Waals surface area contributed by atoms with Gasteiger partial charge >= 0.3 is 0 Å². The average Bonchev–Trinajstić information content (AvgIpc) is 2.90. The molecule has 0 spiro atoms. The van der Waals surface area contributed by atoms with Crippen LogP contribution in [0.1, 0.15) is 17.5 Å². The quantitative estimate of drug-likeness (QED) is 0.873. The van der Waals surface area contributed by atoms with E-state index in [1.54, 1.807) is 0 Å². The number of hydrogen-bond donors (Lipinski definition) is 1. The predicted octanol–water partition coefficient (Wildman–Crippen LogP) is 1.16. The van der Waals surface area contributed by atoms with Crippen LogP contribution in [0.25, 0.3) is 0 Å². The van der Waals surface area contributed by atoms with Crippen LogP contribution in [0.4, 0.5) is 0 Å². The number of nitrogens with two attached hydrogens (primary N) is 1. The molecule has 18 heavy (non-hydrogen) atoms. The van der Waals surface area contributed by atoms with E-state index in [2.05, 4.69) is 24.3 Å². The van der Waals surface area contributed by atoms with Crippen LogP contribution >= 0.6 is 0 Å². The van der Waals surface area contributed by atoms with Crippen molar-refractivity contribution in [2.45, 2.75) is 19.3 Å². The van der Waals surface area contributed by atoms with Gasteiger partial charge in [-0.15, -0.1) is 0 Å². The SMILES string of the molecule is NCC1(C2CCS(=O)(=O)C2)Cc2ccccc2C1. The number of benzene rings is 1. The molecule has 1 aliphatic heterocycles. The summed E-state index contributed by atoms with van der Waals surface area (Å²) in [5.74, 6) is 0.911. The lowest BCUT2D eigenvalue weighted by atomic mass is 9.72. The molecule has 1 aliphatic carbocycles. The van der Waals surface area contributed by atoms with Crippen LogP contribution in [0.3, 0.4) is 0 Å². The molecule has 0 saturated carbocycles. The highest BCUT2D eigenvalue weighted by molar-refractivity contribution is 7.91. The van der Waals surface area contributed by atoms with Crippen molar-refractivity contribution in [2.75, 3.05) is 18.1 Å². The molecule has 1 saturated heterocycles. The minimum atomic E-state index is -2.82. The zero-order valence-corrected chi connectivity index (χ0v) is 11.2. The van der Waals surface area contributed by atoms with Crippen LogP contribution in [0.5, 0.6) is 0 Å². The van der Waals surface area contributed by atoms with Crippen molar-refractivity contribution < 1.29 is 8.42 Å². The Morgan fingerprint density at radius 2 is 1.83 bits per heavy atom. The van der Waals surface area contributed by atoms with Crippen molar-refractivity contribution in [3.8, 4) is 0 Å². The number of fused-ring (bicyclic) bond motifs is 1. The van der Waals surface area contributed by atoms with Gasteiger partial charge in [0.1, 0.15) is 0 Å². The van der Waals surface area contributed by atoms with E-state index in [0.717, 1.165) is 19.3 Å². The molecule has 2 aliphatic rings. The third-order valence-corrected chi connectivity index (χ3v) is 6.48. The standard InChI is InChI=1S/C14H19NO2S/c15-10-14(13-5-6-18(16,17)9-13)7-11-3-1-2-4-12(11)8-14/h1-4,13H,5-10,15H2. The van der Waals surface area contributed by atoms with E-state index in [-0.39, 0.29) is 11.3 Å². The van der Waals surface area contributed by atoms with Gasteiger partial charge < -0.3 is 5.73 Å². The van der Waals surface area contributed by atoms with Crippen LogP contribution in [0, 0.1) is 11.3 Å². The fraction of sp³-hybridized carbons (Fsp3) is 0.571. The van der Waals surface area contributed by atoms with Gasteiger partial charge in [-0.05, 0) is 48.3 Å². The molecule has 1 atom stereocenters. The van der Waals surface area contributed by atoms with Crippen LogP contribution in [0.15, 0.2) is 24.3 Å². The van der Waals surface area contributed by atoms with E-state index in [0.29, 0.717) is 18.1 Å². The summed E-state index contributed by atoms with van der Waals surface area (Å²) >= 11 is 0. The highest BCUT2D eigenvalue weighted by Crippen LogP contribution is 2.45. The molecule has 3 rings (SSSR count). The number of hydrogen-bond acceptors (Lipinski definition) is 3. The maximum atomic E-state index is 11.7. The molecular formula is C14H19NO2S. The number of rotatable bonds is 2. The summed E-state index contributed by atoms with van der Waals surface area (Å²) < 4.78 is 23.4. The Morgan fingerprint density at radius 1 is 1.22 bits per heavy atom. The van der Waals surface area contributed by atoms with Gasteiger partial charge in [0.25, 0.3) is 0 Å². The topological polar surface area (TPSA) is 60.2 Å². The van der Waals surface area contributed by atoms with Crippen molar-refractivity contribution in [3.63, 3.8) is 0 Å². The van der Waals surface area contributed by atoms with Gasteiger partial charge in [-0.2, -0.15) is 0 Å². The Hall–Kier alpha value is -0.870. The Labute approximate surface area is 108 Å². The molecule has 0 aromatic heterocycles. The fourth-order valence-corrected chi connectivity index (χ4v) is 5.54. The van der Waals surface area contributed by atoms with E-state index >= 15 is 0 Å². The molecule has 3 nitrogen and oxygen atoms in total. The fourth-order valence-electron chi connectivity index (χ4n) is 3.60. The van der Waals surface area contributed by atoms with Crippen molar-refractivity contribution in [1.29, 1.82) is 0 Å². The summed E-state index contributed by atoms with van der Waals surface area (Å²) in [7, 11) is -2.82. The van der Waals surface area contributed by atoms with E-state index in [1.165, 1.54) is 11.1 Å². The molecule has 0 amide bonds. The molecule has 1 aromatic carbocycles. The zero-order chi connectivity index (χ0) is 12.8. The monoisotopic (exact) mass is 265 g/mol. The Kier molecular flexibility index (Phi) is 2.75. The van der Waals surface area contributed by atoms with Crippen molar-refractivity contribution >= 4 is 9.84 Å². The third-order valence-electron chi connectivity index (χ3n) is 4.71. The Bertz CT molecular complexity index is 540. The third kappa shape index (κ3) is 1.88. The van der Waals surface area contributed by atoms with Crippen molar-refractivity contribution in [1.82, 2.24) is 0 Å². The highest BCUT2D eigenvalue weighted by atomic mass is 32.2. The molecular weight excluding hydrogens is 246 g/mol. The number of sulfone groups is 1. The molecule has 4 heteroatoms. The first-order chi connectivity index (χ1) is 8.55. The summed E-state index contributed by atoms with van der Waals surface area (Å²) in [6.45, 7) is 0.585. The maximum Gasteiger partial charge on any atom is 0.150 e. The van der Waals surface area contributed by atoms with Gasteiger partial charge in [0.15, 0.2) is 9.84 Å². The van der Waals surface area contributed by atoms with Crippen LogP contribution in [0.2, 0.25) is 0 Å². The minimum absolute atomic E-state index is 0.0206. The van der Waals surface area contributed by atoms with Gasteiger partial charge in [-0.3, -0.25) is 0 Å². The van der Waals surface area contributed by atoms with Crippen molar-refractivity contribution in [3.05, 3.63) is 35.4 Å². The lowest BCUT2D eigenvalue weighted by Gasteiger charge is -2.33. The van der Waals surface area contributed by atoms with Crippen LogP contribution in [-0.4, -0.2) is 26.5 Å². The predicted molar refractivity (Wildman–Crippen MR) is 72.1 cm³/mol. The molecule has 1 fully saturated rings. The van der Waals surface area contributed by atoms with E-state index < -0.39 is 9.84 Å². The summed E-state index contributed by atoms with van der Waals surface area (Å²) in [4.78, 5) is 0. The lowest BCUT2D eigenvalue weighted by Crippen LogP contribution is -2.39. The summed E-state index contributed by atoms with van der Waals surface area (Å²) in [6.07, 6.45) is 2.67. The second kappa shape index (κ2) is 4.07. The van der Waals surface area contributed by atoms with Crippen LogP contribution < -0.4 is 5.73 Å². The first-order valence-electron chi connectivity index (χ1n) is 6.52. The average molecular weight is 265 g/mol. The van der Waals surface area contributed by atoms with Gasteiger partial charge in [0.2, 0.25) is 0 Å². The van der Waals surface area contributed by atoms with Gasteiger partial charge in [0.05, 0.1) is 11.5 Å². The van der Waals surface area contributed by atoms with E-state index in [9.17, 15) is 8.42 Å². The van der Waals surface area contributed by atoms with E-state index in [4.69, 9.17) is 5.73 Å². The normalized spacial score (nSPS) is 28.2. The Morgan fingerprint density at radius 3 is 2.28 bits per heavy atom. The maximum absolute atomic E-state index is 11.7. The Balaban J connectivity index is 1.91. The molecule has 1 aromatic rings. The first-order valence-corrected chi connectivity index (χ1v) is 8.34. The summed E-state index contributed by atoms with van der Waals surface area (Å²) in [5, 5.41) is 0.